The van der Waals surface area contributed by atoms with Crippen LogP contribution < -0.4 is 0 Å². The largest absolute Gasteiger partial charge is 0.441 e. The van der Waals surface area contributed by atoms with Crippen LogP contribution in [0.5, 0.6) is 0 Å². The summed E-state index contributed by atoms with van der Waals surface area (Å²) in [6, 6.07) is 0.734. The Labute approximate surface area is 244 Å². The molecule has 0 saturated carbocycles. The molecule has 6 heterocycles. The van der Waals surface area contributed by atoms with Crippen molar-refractivity contribution in [1.82, 2.24) is 19.7 Å². The average molecular weight is 567 g/mol. The van der Waals surface area contributed by atoms with Gasteiger partial charge in [0, 0.05) is 88.9 Å². The van der Waals surface area contributed by atoms with Gasteiger partial charge < -0.3 is 28.9 Å². The monoisotopic (exact) mass is 566 g/mol. The van der Waals surface area contributed by atoms with Crippen molar-refractivity contribution in [3.63, 3.8) is 0 Å². The molecule has 0 aliphatic carbocycles. The number of hydrazone groups is 1. The molecule has 6 aliphatic rings. The van der Waals surface area contributed by atoms with Crippen LogP contribution in [0.3, 0.4) is 0 Å². The van der Waals surface area contributed by atoms with Gasteiger partial charge in [0.1, 0.15) is 0 Å². The molecule has 0 radical (unpaired) electrons. The Balaban J connectivity index is 1.04. The van der Waals surface area contributed by atoms with E-state index < -0.39 is 0 Å². The fourth-order valence-electron chi connectivity index (χ4n) is 6.99. The maximum Gasteiger partial charge on any atom is 0.410 e. The number of piperidine rings is 1. The Kier molecular flexibility index (Phi) is 8.25. The summed E-state index contributed by atoms with van der Waals surface area (Å²) in [5, 5.41) is 6.73. The fraction of sp³-hybridized carbons (Fsp3) is 0.710. The van der Waals surface area contributed by atoms with Crippen molar-refractivity contribution in [1.29, 1.82) is 0 Å². The Morgan fingerprint density at radius 3 is 2.56 bits per heavy atom. The van der Waals surface area contributed by atoms with Crippen molar-refractivity contribution < 1.29 is 19.0 Å². The van der Waals surface area contributed by atoms with Crippen molar-refractivity contribution in [3.8, 4) is 0 Å². The van der Waals surface area contributed by atoms with Crippen LogP contribution in [-0.4, -0.2) is 127 Å². The van der Waals surface area contributed by atoms with Crippen molar-refractivity contribution in [2.75, 3.05) is 59.0 Å². The number of ether oxygens (including phenoxy) is 3. The van der Waals surface area contributed by atoms with Crippen LogP contribution in [-0.2, 0) is 14.2 Å². The lowest BCUT2D eigenvalue weighted by atomic mass is 9.77. The van der Waals surface area contributed by atoms with Crippen LogP contribution in [0, 0.1) is 5.92 Å². The Morgan fingerprint density at radius 2 is 1.95 bits per heavy atom. The van der Waals surface area contributed by atoms with E-state index in [-0.39, 0.29) is 29.9 Å². The van der Waals surface area contributed by atoms with Crippen LogP contribution >= 0.6 is 0 Å². The first kappa shape index (κ1) is 28.4. The van der Waals surface area contributed by atoms with Crippen molar-refractivity contribution >= 4 is 18.0 Å². The molecule has 6 aliphatic heterocycles. The van der Waals surface area contributed by atoms with Gasteiger partial charge in [-0.3, -0.25) is 10.0 Å². The lowest BCUT2D eigenvalue weighted by molar-refractivity contribution is -0.158. The van der Waals surface area contributed by atoms with E-state index in [0.29, 0.717) is 31.7 Å². The molecule has 6 rings (SSSR count). The molecular formula is C31H46N6O4. The number of nitrogens with zero attached hydrogens (tertiary/aromatic N) is 6. The quantitative estimate of drug-likeness (QED) is 0.468. The second kappa shape index (κ2) is 11.9. The number of aliphatic imine (C=N–C) groups is 1. The van der Waals surface area contributed by atoms with E-state index >= 15 is 0 Å². The predicted octanol–water partition coefficient (Wildman–Crippen LogP) is 3.28. The summed E-state index contributed by atoms with van der Waals surface area (Å²) in [7, 11) is 0. The molecule has 4 atom stereocenters. The minimum atomic E-state index is -0.229. The van der Waals surface area contributed by atoms with Crippen molar-refractivity contribution in [2.24, 2.45) is 16.0 Å². The van der Waals surface area contributed by atoms with E-state index in [1.165, 1.54) is 11.3 Å². The summed E-state index contributed by atoms with van der Waals surface area (Å²) in [5.74, 6) is 0.307. The van der Waals surface area contributed by atoms with Crippen molar-refractivity contribution in [3.05, 3.63) is 35.7 Å². The highest BCUT2D eigenvalue weighted by Crippen LogP contribution is 2.38. The van der Waals surface area contributed by atoms with Gasteiger partial charge in [-0.1, -0.05) is 6.08 Å². The molecule has 0 spiro atoms. The van der Waals surface area contributed by atoms with Gasteiger partial charge in [0.2, 0.25) is 0 Å². The molecule has 0 aromatic rings. The number of hydrogen-bond donors (Lipinski definition) is 0. The lowest BCUT2D eigenvalue weighted by Gasteiger charge is -2.46. The first-order valence-electron chi connectivity index (χ1n) is 15.5. The van der Waals surface area contributed by atoms with Crippen LogP contribution in [0.15, 0.2) is 45.8 Å². The Hall–Kier alpha value is -2.69. The zero-order valence-corrected chi connectivity index (χ0v) is 25.1. The molecular weight excluding hydrogens is 520 g/mol. The first-order chi connectivity index (χ1) is 19.9. The molecule has 0 bridgehead atoms. The highest BCUT2D eigenvalue weighted by molar-refractivity contribution is 6.09. The number of fused-ring (bicyclic) bond motifs is 1. The number of hydrogen-bond acceptors (Lipinski definition) is 9. The Bertz CT molecular complexity index is 1130. The number of dihydropyridines is 1. The Morgan fingerprint density at radius 1 is 1.17 bits per heavy atom. The minimum Gasteiger partial charge on any atom is -0.441 e. The number of amides is 1. The average Bonchev–Trinajstić information content (AvgIpc) is 3.44. The van der Waals surface area contributed by atoms with Gasteiger partial charge in [0.05, 0.1) is 30.1 Å². The third-order valence-corrected chi connectivity index (χ3v) is 9.77. The van der Waals surface area contributed by atoms with E-state index in [1.807, 2.05) is 18.0 Å². The van der Waals surface area contributed by atoms with E-state index in [9.17, 15) is 4.79 Å². The standard InChI is InChI=1S/C31H46N6O4/c1-5-40-31(9-12-34(13-10-31)22(2)3)25-6-7-26(32-19-25)24-18-28-27(8-11-33-37(28)20-24)35-14-16-36(17-15-35)30(38)41-29-21-39-23(29)4/h6-8,11,20,22-23,25,28-29H,5,9-10,12-19,21H2,1-4H3. The second-order valence-corrected chi connectivity index (χ2v) is 12.4. The third kappa shape index (κ3) is 5.70. The number of allylic oxidation sites excluding steroid dienone is 2. The third-order valence-electron chi connectivity index (χ3n) is 9.77. The summed E-state index contributed by atoms with van der Waals surface area (Å²) in [5.41, 5.74) is 3.43. The van der Waals surface area contributed by atoms with Gasteiger partial charge in [-0.15, -0.1) is 0 Å². The van der Waals surface area contributed by atoms with E-state index in [1.54, 1.807) is 0 Å². The molecule has 0 aromatic heterocycles. The topological polar surface area (TPSA) is 82.4 Å². The smallest absolute Gasteiger partial charge is 0.410 e. The molecule has 0 aromatic carbocycles. The summed E-state index contributed by atoms with van der Waals surface area (Å²) in [6.45, 7) is 15.6. The maximum absolute atomic E-state index is 12.6. The zero-order chi connectivity index (χ0) is 28.6. The number of carbonyl (C=O) groups is 1. The molecule has 3 saturated heterocycles. The van der Waals surface area contributed by atoms with Gasteiger partial charge >= 0.3 is 6.09 Å². The fourth-order valence-corrected chi connectivity index (χ4v) is 6.99. The number of piperazine rings is 1. The normalized spacial score (nSPS) is 31.4. The highest BCUT2D eigenvalue weighted by Gasteiger charge is 2.43. The molecule has 10 heteroatoms. The summed E-state index contributed by atoms with van der Waals surface area (Å²) < 4.78 is 17.4. The molecule has 1 amide bonds. The molecule has 41 heavy (non-hydrogen) atoms. The number of likely N-dealkylation sites (tertiary alicyclic amines) is 1. The van der Waals surface area contributed by atoms with Gasteiger partial charge in [-0.2, -0.15) is 5.10 Å². The second-order valence-electron chi connectivity index (χ2n) is 12.4. The molecule has 0 N–H and O–H groups in total. The van der Waals surface area contributed by atoms with Gasteiger partial charge in [-0.05, 0) is 58.3 Å². The molecule has 224 valence electrons. The van der Waals surface area contributed by atoms with E-state index in [4.69, 9.17) is 19.2 Å². The number of rotatable bonds is 7. The van der Waals surface area contributed by atoms with Gasteiger partial charge in [0.25, 0.3) is 0 Å². The minimum absolute atomic E-state index is 0.00908. The predicted molar refractivity (Wildman–Crippen MR) is 159 cm³/mol. The van der Waals surface area contributed by atoms with Crippen LogP contribution in [0.4, 0.5) is 4.79 Å². The molecule has 3 fully saturated rings. The summed E-state index contributed by atoms with van der Waals surface area (Å²) in [4.78, 5) is 24.5. The van der Waals surface area contributed by atoms with E-state index in [2.05, 4.69) is 65.1 Å². The first-order valence-corrected chi connectivity index (χ1v) is 15.5. The van der Waals surface area contributed by atoms with Crippen LogP contribution in [0.1, 0.15) is 47.0 Å². The zero-order valence-electron chi connectivity index (χ0n) is 25.1. The summed E-state index contributed by atoms with van der Waals surface area (Å²) in [6.07, 6.45) is 13.4. The number of carbonyl (C=O) groups excluding carboxylic acids is 1. The maximum atomic E-state index is 12.6. The van der Waals surface area contributed by atoms with Gasteiger partial charge in [-0.25, -0.2) is 4.79 Å². The van der Waals surface area contributed by atoms with E-state index in [0.717, 1.165) is 64.3 Å². The lowest BCUT2D eigenvalue weighted by Crippen LogP contribution is -2.53. The summed E-state index contributed by atoms with van der Waals surface area (Å²) >= 11 is 0. The highest BCUT2D eigenvalue weighted by atomic mass is 16.6. The van der Waals surface area contributed by atoms with Crippen LogP contribution in [0.25, 0.3) is 0 Å². The van der Waals surface area contributed by atoms with Crippen molar-refractivity contribution in [2.45, 2.75) is 76.9 Å². The molecule has 10 nitrogen and oxygen atoms in total. The van der Waals surface area contributed by atoms with Crippen LogP contribution in [0.2, 0.25) is 0 Å². The van der Waals surface area contributed by atoms with Gasteiger partial charge in [0.15, 0.2) is 6.10 Å². The molecule has 4 unspecified atom stereocenters. The SMILES string of the molecule is CCOC1(C2C=CC(C3=CN4N=CC=C(N5CCN(C(=O)OC6COC6C)CC5)C4C3)=NC2)CCN(C(C)C)CC1.